The van der Waals surface area contributed by atoms with E-state index in [-0.39, 0.29) is 10.6 Å². The molecule has 2 N–H and O–H groups in total. The van der Waals surface area contributed by atoms with Gasteiger partial charge in [-0.15, -0.1) is 0 Å². The molecule has 0 bridgehead atoms. The summed E-state index contributed by atoms with van der Waals surface area (Å²) in [7, 11) is -0.776. The molecule has 2 aromatic rings. The van der Waals surface area contributed by atoms with Crippen molar-refractivity contribution in [2.45, 2.75) is 24.5 Å². The van der Waals surface area contributed by atoms with Gasteiger partial charge in [0.05, 0.1) is 18.7 Å². The van der Waals surface area contributed by atoms with Crippen LogP contribution in [0, 0.1) is 11.3 Å². The number of nitriles is 1. The van der Waals surface area contributed by atoms with E-state index in [0.717, 1.165) is 16.8 Å². The number of aliphatic hydroxyl groups excluding tert-OH is 1. The minimum atomic E-state index is -3.92. The summed E-state index contributed by atoms with van der Waals surface area (Å²) in [5, 5.41) is 19.3. The molecule has 1 unspecified atom stereocenters. The minimum Gasteiger partial charge on any atom is -0.495 e. The molecule has 3 rings (SSSR count). The number of sulfonamides is 1. The quantitative estimate of drug-likeness (QED) is 0.801. The predicted molar refractivity (Wildman–Crippen MR) is 108 cm³/mol. The number of benzene rings is 2. The van der Waals surface area contributed by atoms with Gasteiger partial charge in [-0.25, -0.2) is 8.42 Å². The van der Waals surface area contributed by atoms with Crippen molar-refractivity contribution in [3.05, 3.63) is 53.1 Å². The first kappa shape index (κ1) is 19.7. The number of ether oxygens (including phenoxy) is 1. The van der Waals surface area contributed by atoms with Crippen LogP contribution >= 0.6 is 0 Å². The Morgan fingerprint density at radius 1 is 1.29 bits per heavy atom. The Hall–Kier alpha value is -3.02. The lowest BCUT2D eigenvalue weighted by atomic mass is 9.99. The van der Waals surface area contributed by atoms with Gasteiger partial charge in [0.15, 0.2) is 0 Å². The third-order valence-corrected chi connectivity index (χ3v) is 6.11. The van der Waals surface area contributed by atoms with E-state index in [2.05, 4.69) is 4.72 Å². The summed E-state index contributed by atoms with van der Waals surface area (Å²) in [5.41, 5.74) is 3.18. The highest BCUT2D eigenvalue weighted by atomic mass is 32.2. The van der Waals surface area contributed by atoms with Gasteiger partial charge < -0.3 is 14.7 Å². The van der Waals surface area contributed by atoms with Crippen LogP contribution < -0.4 is 14.4 Å². The van der Waals surface area contributed by atoms with Crippen molar-refractivity contribution in [2.75, 3.05) is 23.8 Å². The fraction of sp³-hybridized carbons (Fsp3) is 0.250. The van der Waals surface area contributed by atoms with E-state index >= 15 is 0 Å². The molecule has 2 aromatic carbocycles. The van der Waals surface area contributed by atoms with E-state index in [9.17, 15) is 13.5 Å². The van der Waals surface area contributed by atoms with E-state index in [1.165, 1.54) is 25.3 Å². The zero-order valence-corrected chi connectivity index (χ0v) is 16.6. The van der Waals surface area contributed by atoms with Gasteiger partial charge in [-0.1, -0.05) is 6.92 Å². The molecule has 0 spiro atoms. The number of rotatable bonds is 5. The Labute approximate surface area is 164 Å². The molecular weight excluding hydrogens is 378 g/mol. The van der Waals surface area contributed by atoms with Crippen LogP contribution in [0.25, 0.3) is 6.08 Å². The number of methoxy groups -OCH3 is 1. The molecule has 1 atom stereocenters. The summed E-state index contributed by atoms with van der Waals surface area (Å²) >= 11 is 0. The fourth-order valence-electron chi connectivity index (χ4n) is 3.16. The molecule has 0 aliphatic carbocycles. The van der Waals surface area contributed by atoms with Crippen LogP contribution in [0.1, 0.15) is 24.5 Å². The molecule has 1 aliphatic rings. The lowest BCUT2D eigenvalue weighted by Crippen LogP contribution is -2.35. The first-order valence-electron chi connectivity index (χ1n) is 8.67. The second kappa shape index (κ2) is 7.54. The Kier molecular flexibility index (Phi) is 5.31. The number of nitrogens with zero attached hydrogens (tertiary/aromatic N) is 2. The second-order valence-electron chi connectivity index (χ2n) is 6.41. The SMILES string of the molecule is CCC1=Cc2cc(NS(=O)(=O)c3ccc(C#N)cc3OC)ccc2N(C)C1O. The zero-order chi connectivity index (χ0) is 20.5. The standard InChI is InChI=1S/C20H21N3O4S/c1-4-14-10-15-11-16(6-7-17(15)23(2)20(14)24)22-28(25,26)19-8-5-13(12-21)9-18(19)27-3/h5-11,20,22,24H,4H2,1-3H3. The van der Waals surface area contributed by atoms with E-state index in [1.807, 2.05) is 19.1 Å². The maximum absolute atomic E-state index is 12.8. The number of fused-ring (bicyclic) bond motifs is 1. The Bertz CT molecular complexity index is 1090. The molecule has 0 saturated heterocycles. The second-order valence-corrected chi connectivity index (χ2v) is 8.06. The van der Waals surface area contributed by atoms with Gasteiger partial charge in [-0.2, -0.15) is 5.26 Å². The first-order valence-corrected chi connectivity index (χ1v) is 10.2. The molecule has 1 aliphatic heterocycles. The third-order valence-electron chi connectivity index (χ3n) is 4.69. The Morgan fingerprint density at radius 2 is 2.04 bits per heavy atom. The lowest BCUT2D eigenvalue weighted by Gasteiger charge is -2.33. The van der Waals surface area contributed by atoms with Gasteiger partial charge >= 0.3 is 0 Å². The maximum atomic E-state index is 12.8. The van der Waals surface area contributed by atoms with Gasteiger partial charge in [0, 0.05) is 24.0 Å². The number of hydrogen-bond donors (Lipinski definition) is 2. The smallest absolute Gasteiger partial charge is 0.265 e. The predicted octanol–water partition coefficient (Wildman–Crippen LogP) is 2.93. The number of hydrogen-bond acceptors (Lipinski definition) is 6. The minimum absolute atomic E-state index is 0.0518. The van der Waals surface area contributed by atoms with E-state index in [4.69, 9.17) is 10.00 Å². The molecule has 0 fully saturated rings. The Morgan fingerprint density at radius 3 is 2.68 bits per heavy atom. The summed E-state index contributed by atoms with van der Waals surface area (Å²) in [6, 6.07) is 11.2. The fourth-order valence-corrected chi connectivity index (χ4v) is 4.37. The van der Waals surface area contributed by atoms with E-state index < -0.39 is 16.3 Å². The molecule has 28 heavy (non-hydrogen) atoms. The summed E-state index contributed by atoms with van der Waals surface area (Å²) in [6.45, 7) is 1.96. The van der Waals surface area contributed by atoms with Crippen LogP contribution in [-0.4, -0.2) is 33.9 Å². The molecule has 0 amide bonds. The maximum Gasteiger partial charge on any atom is 0.265 e. The Balaban J connectivity index is 1.98. The third kappa shape index (κ3) is 3.54. The monoisotopic (exact) mass is 399 g/mol. The van der Waals surface area contributed by atoms with Crippen molar-refractivity contribution >= 4 is 27.5 Å². The van der Waals surface area contributed by atoms with Crippen LogP contribution in [0.4, 0.5) is 11.4 Å². The van der Waals surface area contributed by atoms with Crippen LogP contribution in [0.3, 0.4) is 0 Å². The van der Waals surface area contributed by atoms with Gasteiger partial charge in [-0.3, -0.25) is 4.72 Å². The lowest BCUT2D eigenvalue weighted by molar-refractivity contribution is 0.207. The van der Waals surface area contributed by atoms with Crippen molar-refractivity contribution in [2.24, 2.45) is 0 Å². The average molecular weight is 399 g/mol. The molecule has 0 radical (unpaired) electrons. The van der Waals surface area contributed by atoms with E-state index in [1.54, 1.807) is 30.1 Å². The normalized spacial score (nSPS) is 16.0. The van der Waals surface area contributed by atoms with Gasteiger partial charge in [-0.05, 0) is 54.5 Å². The number of anilines is 2. The molecule has 1 heterocycles. The van der Waals surface area contributed by atoms with Gasteiger partial charge in [0.2, 0.25) is 0 Å². The van der Waals surface area contributed by atoms with E-state index in [0.29, 0.717) is 17.7 Å². The topological polar surface area (TPSA) is 103 Å². The van der Waals surface area contributed by atoms with Crippen molar-refractivity contribution in [3.8, 4) is 11.8 Å². The van der Waals surface area contributed by atoms with Crippen molar-refractivity contribution < 1.29 is 18.3 Å². The number of likely N-dealkylation sites (N-methyl/N-ethyl adjacent to an activating group) is 1. The average Bonchev–Trinajstić information content (AvgIpc) is 2.69. The number of aliphatic hydroxyl groups is 1. The summed E-state index contributed by atoms with van der Waals surface area (Å²) in [4.78, 5) is 1.69. The highest BCUT2D eigenvalue weighted by Gasteiger charge is 2.24. The molecule has 7 nitrogen and oxygen atoms in total. The van der Waals surface area contributed by atoms with Crippen molar-refractivity contribution in [1.82, 2.24) is 0 Å². The zero-order valence-electron chi connectivity index (χ0n) is 15.8. The molecule has 0 aromatic heterocycles. The highest BCUT2D eigenvalue weighted by Crippen LogP contribution is 2.34. The van der Waals surface area contributed by atoms with Crippen LogP contribution in [0.5, 0.6) is 5.75 Å². The van der Waals surface area contributed by atoms with Crippen LogP contribution in [-0.2, 0) is 10.0 Å². The van der Waals surface area contributed by atoms with Gasteiger partial charge in [0.25, 0.3) is 10.0 Å². The van der Waals surface area contributed by atoms with Crippen molar-refractivity contribution in [3.63, 3.8) is 0 Å². The molecule has 0 saturated carbocycles. The highest BCUT2D eigenvalue weighted by molar-refractivity contribution is 7.92. The first-order chi connectivity index (χ1) is 13.3. The summed E-state index contributed by atoms with van der Waals surface area (Å²) in [6.07, 6.45) is 1.87. The van der Waals surface area contributed by atoms with Crippen molar-refractivity contribution in [1.29, 1.82) is 5.26 Å². The number of nitrogens with one attached hydrogen (secondary N) is 1. The molecule has 8 heteroatoms. The molecule has 146 valence electrons. The van der Waals surface area contributed by atoms with Crippen LogP contribution in [0.2, 0.25) is 0 Å². The summed E-state index contributed by atoms with van der Waals surface area (Å²) in [5.74, 6) is 0.0977. The molecular formula is C20H21N3O4S. The van der Waals surface area contributed by atoms with Crippen LogP contribution in [0.15, 0.2) is 46.9 Å². The summed E-state index contributed by atoms with van der Waals surface area (Å²) < 4.78 is 33.4. The van der Waals surface area contributed by atoms with Gasteiger partial charge in [0.1, 0.15) is 16.9 Å². The largest absolute Gasteiger partial charge is 0.495 e.